The second kappa shape index (κ2) is 10.2. The summed E-state index contributed by atoms with van der Waals surface area (Å²) in [5.74, 6) is 2.02. The second-order valence-corrected chi connectivity index (χ2v) is 7.67. The van der Waals surface area contributed by atoms with E-state index in [4.69, 9.17) is 4.74 Å². The van der Waals surface area contributed by atoms with E-state index in [0.717, 1.165) is 29.7 Å². The number of hydrogen-bond acceptors (Lipinski definition) is 5. The van der Waals surface area contributed by atoms with Crippen LogP contribution in [-0.2, 0) is 11.2 Å². The van der Waals surface area contributed by atoms with E-state index in [1.807, 2.05) is 38.2 Å². The number of aromatic hydroxyl groups is 1. The molecule has 5 heteroatoms. The van der Waals surface area contributed by atoms with Crippen LogP contribution in [0.25, 0.3) is 0 Å². The van der Waals surface area contributed by atoms with Gasteiger partial charge in [-0.2, -0.15) is 0 Å². The maximum absolute atomic E-state index is 11.4. The average molecular weight is 374 g/mol. The molecule has 0 radical (unpaired) electrons. The van der Waals surface area contributed by atoms with Gasteiger partial charge in [-0.05, 0) is 62.6 Å². The second-order valence-electron chi connectivity index (χ2n) is 6.51. The number of ether oxygens (including phenoxy) is 1. The Labute approximate surface area is 160 Å². The summed E-state index contributed by atoms with van der Waals surface area (Å²) in [5, 5.41) is 10.4. The molecule has 1 aromatic carbocycles. The Morgan fingerprint density at radius 3 is 2.81 bits per heavy atom. The lowest BCUT2D eigenvalue weighted by atomic mass is 9.95. The van der Waals surface area contributed by atoms with Gasteiger partial charge in [-0.1, -0.05) is 13.0 Å². The highest BCUT2D eigenvalue weighted by Gasteiger charge is 2.15. The molecule has 0 aliphatic rings. The lowest BCUT2D eigenvalue weighted by Gasteiger charge is -2.15. The molecule has 1 heterocycles. The van der Waals surface area contributed by atoms with Gasteiger partial charge < -0.3 is 9.84 Å². The van der Waals surface area contributed by atoms with Gasteiger partial charge in [0.15, 0.2) is 0 Å². The topological polar surface area (TPSA) is 59.4 Å². The molecule has 1 unspecified atom stereocenters. The third-order valence-corrected chi connectivity index (χ3v) is 5.45. The van der Waals surface area contributed by atoms with Crippen LogP contribution in [0.4, 0.5) is 0 Å². The Morgan fingerprint density at radius 2 is 2.12 bits per heavy atom. The Kier molecular flexibility index (Phi) is 7.98. The highest BCUT2D eigenvalue weighted by Crippen LogP contribution is 2.32. The van der Waals surface area contributed by atoms with E-state index in [0.29, 0.717) is 18.8 Å². The summed E-state index contributed by atoms with van der Waals surface area (Å²) < 4.78 is 5.83. The van der Waals surface area contributed by atoms with E-state index in [2.05, 4.69) is 11.1 Å². The summed E-state index contributed by atoms with van der Waals surface area (Å²) in [6, 6.07) is 7.76. The average Bonchev–Trinajstić information content (AvgIpc) is 2.64. The number of carbonyl (C=O) groups is 1. The number of ketones is 1. The van der Waals surface area contributed by atoms with Crippen LogP contribution in [-0.4, -0.2) is 28.2 Å². The number of unbranched alkanes of at least 4 members (excludes halogenated alkanes) is 1. The maximum atomic E-state index is 11.4. The van der Waals surface area contributed by atoms with Gasteiger partial charge in [0.25, 0.3) is 0 Å². The van der Waals surface area contributed by atoms with E-state index >= 15 is 0 Å². The van der Waals surface area contributed by atoms with Crippen LogP contribution in [0.2, 0.25) is 0 Å². The van der Waals surface area contributed by atoms with Gasteiger partial charge in [-0.3, -0.25) is 9.78 Å². The first-order chi connectivity index (χ1) is 12.5. The number of thioether (sulfide) groups is 1. The molecule has 0 aliphatic heterocycles. The molecular formula is C21H27NO3S. The molecule has 0 amide bonds. The van der Waals surface area contributed by atoms with E-state index < -0.39 is 0 Å². The first-order valence-electron chi connectivity index (χ1n) is 8.96. The molecule has 4 nitrogen and oxygen atoms in total. The van der Waals surface area contributed by atoms with Crippen molar-refractivity contribution < 1.29 is 14.6 Å². The van der Waals surface area contributed by atoms with E-state index in [-0.39, 0.29) is 17.5 Å². The predicted octanol–water partition coefficient (Wildman–Crippen LogP) is 4.81. The first-order valence-corrected chi connectivity index (χ1v) is 9.95. The summed E-state index contributed by atoms with van der Waals surface area (Å²) in [6.45, 7) is 5.94. The largest absolute Gasteiger partial charge is 0.507 e. The number of Topliss-reactive ketones (excluding diaryl/α,β-unsaturated/α-hetero) is 1. The number of benzene rings is 1. The molecule has 0 saturated carbocycles. The molecular weight excluding hydrogens is 346 g/mol. The van der Waals surface area contributed by atoms with Gasteiger partial charge in [-0.15, -0.1) is 11.8 Å². The smallest absolute Gasteiger partial charge is 0.132 e. The number of pyridine rings is 1. The quantitative estimate of drug-likeness (QED) is 0.478. The van der Waals surface area contributed by atoms with Crippen molar-refractivity contribution in [2.75, 3.05) is 12.4 Å². The lowest BCUT2D eigenvalue weighted by molar-refractivity contribution is -0.120. The summed E-state index contributed by atoms with van der Waals surface area (Å²) in [4.78, 5) is 16.7. The molecule has 0 spiro atoms. The normalized spacial score (nSPS) is 12.0. The SMILES string of the molecule is CC(=O)C(C)Cc1ccc(OCCCCSc2cccnc2)c(C)c1O. The summed E-state index contributed by atoms with van der Waals surface area (Å²) in [5.41, 5.74) is 1.54. The van der Waals surface area contributed by atoms with Crippen LogP contribution in [0.5, 0.6) is 11.5 Å². The van der Waals surface area contributed by atoms with Crippen molar-refractivity contribution in [1.82, 2.24) is 4.98 Å². The number of phenols is 1. The summed E-state index contributed by atoms with van der Waals surface area (Å²) >= 11 is 1.80. The number of carbonyl (C=O) groups excluding carboxylic acids is 1. The molecule has 0 saturated heterocycles. The van der Waals surface area contributed by atoms with Crippen molar-refractivity contribution >= 4 is 17.5 Å². The fourth-order valence-electron chi connectivity index (χ4n) is 2.54. The Balaban J connectivity index is 1.77. The molecule has 1 aromatic heterocycles. The minimum atomic E-state index is -0.0932. The van der Waals surface area contributed by atoms with Gasteiger partial charge in [0.2, 0.25) is 0 Å². The van der Waals surface area contributed by atoms with Crippen molar-refractivity contribution in [3.63, 3.8) is 0 Å². The third kappa shape index (κ3) is 6.06. The molecule has 2 aromatic rings. The molecule has 2 rings (SSSR count). The molecule has 1 atom stereocenters. The van der Waals surface area contributed by atoms with Gasteiger partial charge >= 0.3 is 0 Å². The zero-order chi connectivity index (χ0) is 18.9. The fourth-order valence-corrected chi connectivity index (χ4v) is 3.44. The number of aromatic nitrogens is 1. The number of phenolic OH excluding ortho intramolecular Hbond substituents is 1. The van der Waals surface area contributed by atoms with Crippen LogP contribution in [0, 0.1) is 12.8 Å². The summed E-state index contributed by atoms with van der Waals surface area (Å²) in [6.07, 6.45) is 6.22. The van der Waals surface area contributed by atoms with Gasteiger partial charge in [-0.25, -0.2) is 0 Å². The van der Waals surface area contributed by atoms with E-state index in [9.17, 15) is 9.90 Å². The Morgan fingerprint density at radius 1 is 1.31 bits per heavy atom. The molecule has 0 aliphatic carbocycles. The van der Waals surface area contributed by atoms with Gasteiger partial charge in [0, 0.05) is 28.8 Å². The molecule has 26 heavy (non-hydrogen) atoms. The van der Waals surface area contributed by atoms with E-state index in [1.54, 1.807) is 24.9 Å². The Bertz CT molecular complexity index is 719. The summed E-state index contributed by atoms with van der Waals surface area (Å²) in [7, 11) is 0. The van der Waals surface area contributed by atoms with Crippen molar-refractivity contribution in [2.45, 2.75) is 44.9 Å². The monoisotopic (exact) mass is 373 g/mol. The first kappa shape index (κ1) is 20.3. The van der Waals surface area contributed by atoms with Crippen LogP contribution >= 0.6 is 11.8 Å². The van der Waals surface area contributed by atoms with Crippen molar-refractivity contribution in [3.05, 3.63) is 47.8 Å². The van der Waals surface area contributed by atoms with Crippen LogP contribution in [0.15, 0.2) is 41.6 Å². The zero-order valence-corrected chi connectivity index (χ0v) is 16.5. The standard InChI is InChI=1S/C21H27NO3S/c1-15(17(3)23)13-18-8-9-20(16(2)21(18)24)25-11-4-5-12-26-19-7-6-10-22-14-19/h6-10,14-15,24H,4-5,11-13H2,1-3H3. The maximum Gasteiger partial charge on any atom is 0.132 e. The predicted molar refractivity (Wildman–Crippen MR) is 106 cm³/mol. The third-order valence-electron chi connectivity index (χ3n) is 4.38. The van der Waals surface area contributed by atoms with E-state index in [1.165, 1.54) is 4.90 Å². The molecule has 140 valence electrons. The minimum absolute atomic E-state index is 0.0932. The van der Waals surface area contributed by atoms with Crippen molar-refractivity contribution in [2.24, 2.45) is 5.92 Å². The van der Waals surface area contributed by atoms with Crippen LogP contribution in [0.3, 0.4) is 0 Å². The molecule has 1 N–H and O–H groups in total. The van der Waals surface area contributed by atoms with Crippen molar-refractivity contribution in [3.8, 4) is 11.5 Å². The highest BCUT2D eigenvalue weighted by atomic mass is 32.2. The van der Waals surface area contributed by atoms with Gasteiger partial charge in [0.1, 0.15) is 17.3 Å². The van der Waals surface area contributed by atoms with Crippen molar-refractivity contribution in [1.29, 1.82) is 0 Å². The number of rotatable bonds is 10. The molecule has 0 fully saturated rings. The number of hydrogen-bond donors (Lipinski definition) is 1. The molecule has 0 bridgehead atoms. The Hall–Kier alpha value is -2.01. The van der Waals surface area contributed by atoms with Gasteiger partial charge in [0.05, 0.1) is 6.61 Å². The van der Waals surface area contributed by atoms with Crippen LogP contribution in [0.1, 0.15) is 37.8 Å². The number of nitrogens with zero attached hydrogens (tertiary/aromatic N) is 1. The van der Waals surface area contributed by atoms with Crippen LogP contribution < -0.4 is 4.74 Å². The minimum Gasteiger partial charge on any atom is -0.507 e. The highest BCUT2D eigenvalue weighted by molar-refractivity contribution is 7.99. The fraction of sp³-hybridized carbons (Fsp3) is 0.429. The zero-order valence-electron chi connectivity index (χ0n) is 15.7. The lowest BCUT2D eigenvalue weighted by Crippen LogP contribution is -2.10.